The number of aromatic nitrogens is 2. The smallest absolute Gasteiger partial charge is 0.255 e. The number of benzene rings is 1. The Morgan fingerprint density at radius 1 is 1.12 bits per heavy atom. The molecule has 3 atom stereocenters. The molecular formula is C24H26F2N4O2. The summed E-state index contributed by atoms with van der Waals surface area (Å²) in [5.74, 6) is -1.08. The normalized spacial score (nSPS) is 23.6. The molecule has 2 fully saturated rings. The first-order valence-electron chi connectivity index (χ1n) is 11.2. The lowest BCUT2D eigenvalue weighted by atomic mass is 9.93. The third-order valence-corrected chi connectivity index (χ3v) is 6.63. The second kappa shape index (κ2) is 8.50. The molecule has 0 radical (unpaired) electrons. The minimum Gasteiger partial charge on any atom is -0.393 e. The van der Waals surface area contributed by atoms with Crippen LogP contribution in [0.4, 0.5) is 14.5 Å². The van der Waals surface area contributed by atoms with Crippen molar-refractivity contribution in [2.45, 2.75) is 56.7 Å². The highest BCUT2D eigenvalue weighted by atomic mass is 19.1. The van der Waals surface area contributed by atoms with E-state index in [1.165, 1.54) is 12.1 Å². The Hall–Kier alpha value is -3.00. The van der Waals surface area contributed by atoms with E-state index < -0.39 is 11.6 Å². The van der Waals surface area contributed by atoms with Crippen LogP contribution in [0, 0.1) is 11.6 Å². The standard InChI is InChI=1S/C24H26F2N4O2/c25-15-6-7-21(26)19(11-15)22-5-2-9-29(22)17-8-10-30-23(13-17)20(14-27-30)24(32)28-16-3-1-4-18(31)12-16/h6-8,10-11,13-14,16,18,22,31H,1-5,9,12H2,(H,28,32)/t16?,18?,22-/m1/s1. The predicted molar refractivity (Wildman–Crippen MR) is 117 cm³/mol. The summed E-state index contributed by atoms with van der Waals surface area (Å²) >= 11 is 0. The minimum atomic E-state index is -0.453. The summed E-state index contributed by atoms with van der Waals surface area (Å²) in [4.78, 5) is 15.0. The fourth-order valence-electron chi connectivity index (χ4n) is 5.05. The van der Waals surface area contributed by atoms with Crippen molar-refractivity contribution in [2.75, 3.05) is 11.4 Å². The molecule has 2 aromatic heterocycles. The Labute approximate surface area is 184 Å². The summed E-state index contributed by atoms with van der Waals surface area (Å²) < 4.78 is 29.9. The number of anilines is 1. The lowest BCUT2D eigenvalue weighted by molar-refractivity contribution is 0.0851. The number of amides is 1. The number of pyridine rings is 1. The Kier molecular flexibility index (Phi) is 5.55. The van der Waals surface area contributed by atoms with Crippen LogP contribution in [-0.4, -0.2) is 39.3 Å². The fourth-order valence-corrected chi connectivity index (χ4v) is 5.05. The maximum atomic E-state index is 14.5. The molecule has 1 aromatic carbocycles. The van der Waals surface area contributed by atoms with Crippen LogP contribution >= 0.6 is 0 Å². The Morgan fingerprint density at radius 3 is 2.84 bits per heavy atom. The van der Waals surface area contributed by atoms with E-state index in [4.69, 9.17) is 0 Å². The largest absolute Gasteiger partial charge is 0.393 e. The molecule has 6 nitrogen and oxygen atoms in total. The van der Waals surface area contributed by atoms with Gasteiger partial charge in [0.1, 0.15) is 11.6 Å². The van der Waals surface area contributed by atoms with Gasteiger partial charge in [-0.1, -0.05) is 0 Å². The number of fused-ring (bicyclic) bond motifs is 1. The number of hydrogen-bond acceptors (Lipinski definition) is 4. The zero-order valence-electron chi connectivity index (χ0n) is 17.7. The molecule has 3 heterocycles. The number of halogens is 2. The Bertz CT molecular complexity index is 1150. The molecule has 1 amide bonds. The van der Waals surface area contributed by atoms with Gasteiger partial charge >= 0.3 is 0 Å². The molecule has 168 valence electrons. The average molecular weight is 440 g/mol. The number of nitrogens with one attached hydrogen (secondary N) is 1. The van der Waals surface area contributed by atoms with Crippen LogP contribution in [-0.2, 0) is 0 Å². The van der Waals surface area contributed by atoms with E-state index >= 15 is 0 Å². The summed E-state index contributed by atoms with van der Waals surface area (Å²) in [5, 5.41) is 17.2. The van der Waals surface area contributed by atoms with E-state index in [1.54, 1.807) is 16.9 Å². The fraction of sp³-hybridized carbons (Fsp3) is 0.417. The van der Waals surface area contributed by atoms with Crippen LogP contribution in [0.1, 0.15) is 60.5 Å². The van der Waals surface area contributed by atoms with Crippen molar-refractivity contribution < 1.29 is 18.7 Å². The van der Waals surface area contributed by atoms with Crippen molar-refractivity contribution in [3.05, 3.63) is 65.5 Å². The molecular weight excluding hydrogens is 414 g/mol. The molecule has 3 aromatic rings. The highest BCUT2D eigenvalue weighted by Gasteiger charge is 2.30. The maximum absolute atomic E-state index is 14.5. The van der Waals surface area contributed by atoms with E-state index in [1.807, 2.05) is 12.1 Å². The lowest BCUT2D eigenvalue weighted by Crippen LogP contribution is -2.39. The molecule has 0 spiro atoms. The van der Waals surface area contributed by atoms with Gasteiger partial charge in [0, 0.05) is 30.0 Å². The van der Waals surface area contributed by atoms with Crippen molar-refractivity contribution in [1.29, 1.82) is 0 Å². The molecule has 0 bridgehead atoms. The molecule has 5 rings (SSSR count). The third-order valence-electron chi connectivity index (χ3n) is 6.63. The minimum absolute atomic E-state index is 0.0525. The maximum Gasteiger partial charge on any atom is 0.255 e. The van der Waals surface area contributed by atoms with E-state index in [0.29, 0.717) is 29.6 Å². The molecule has 2 unspecified atom stereocenters. The van der Waals surface area contributed by atoms with Crippen LogP contribution < -0.4 is 10.2 Å². The lowest BCUT2D eigenvalue weighted by Gasteiger charge is -2.28. The van der Waals surface area contributed by atoms with Crippen molar-refractivity contribution >= 4 is 17.1 Å². The van der Waals surface area contributed by atoms with E-state index in [2.05, 4.69) is 15.3 Å². The average Bonchev–Trinajstić information content (AvgIpc) is 3.42. The summed E-state index contributed by atoms with van der Waals surface area (Å²) in [6.45, 7) is 0.715. The molecule has 1 saturated carbocycles. The second-order valence-corrected chi connectivity index (χ2v) is 8.78. The van der Waals surface area contributed by atoms with E-state index in [9.17, 15) is 18.7 Å². The molecule has 1 aliphatic heterocycles. The van der Waals surface area contributed by atoms with Gasteiger partial charge in [-0.25, -0.2) is 13.3 Å². The Morgan fingerprint density at radius 2 is 2.00 bits per heavy atom. The molecule has 1 aliphatic carbocycles. The number of rotatable bonds is 4. The first-order valence-corrected chi connectivity index (χ1v) is 11.2. The monoisotopic (exact) mass is 440 g/mol. The second-order valence-electron chi connectivity index (χ2n) is 8.78. The van der Waals surface area contributed by atoms with Crippen molar-refractivity contribution in [1.82, 2.24) is 14.9 Å². The molecule has 8 heteroatoms. The third kappa shape index (κ3) is 3.95. The first-order chi connectivity index (χ1) is 15.5. The van der Waals surface area contributed by atoms with Gasteiger partial charge in [-0.05, 0) is 68.9 Å². The van der Waals surface area contributed by atoms with Gasteiger partial charge in [-0.3, -0.25) is 4.79 Å². The molecule has 1 saturated heterocycles. The predicted octanol–water partition coefficient (Wildman–Crippen LogP) is 3.99. The van der Waals surface area contributed by atoms with E-state index in [-0.39, 0.29) is 24.1 Å². The van der Waals surface area contributed by atoms with Gasteiger partial charge in [0.2, 0.25) is 0 Å². The number of nitrogens with zero attached hydrogens (tertiary/aromatic N) is 3. The van der Waals surface area contributed by atoms with Gasteiger partial charge in [-0.15, -0.1) is 0 Å². The number of carbonyl (C=O) groups excluding carboxylic acids is 1. The number of carbonyl (C=O) groups is 1. The highest BCUT2D eigenvalue weighted by molar-refractivity contribution is 6.01. The summed E-state index contributed by atoms with van der Waals surface area (Å²) in [5.41, 5.74) is 2.30. The first kappa shape index (κ1) is 20.9. The zero-order valence-corrected chi connectivity index (χ0v) is 17.7. The van der Waals surface area contributed by atoms with Gasteiger partial charge < -0.3 is 15.3 Å². The SMILES string of the molecule is O=C(NC1CCCC(O)C1)c1cnn2ccc(N3CCC[C@@H]3c3cc(F)ccc3F)cc12. The molecule has 2 N–H and O–H groups in total. The van der Waals surface area contributed by atoms with Gasteiger partial charge in [-0.2, -0.15) is 5.10 Å². The summed E-state index contributed by atoms with van der Waals surface area (Å²) in [7, 11) is 0. The van der Waals surface area contributed by atoms with Crippen LogP contribution in [0.3, 0.4) is 0 Å². The number of aliphatic hydroxyl groups is 1. The van der Waals surface area contributed by atoms with Crippen molar-refractivity contribution in [3.63, 3.8) is 0 Å². The van der Waals surface area contributed by atoms with Crippen LogP contribution in [0.25, 0.3) is 5.52 Å². The van der Waals surface area contributed by atoms with Crippen molar-refractivity contribution in [3.8, 4) is 0 Å². The quantitative estimate of drug-likeness (QED) is 0.644. The highest BCUT2D eigenvalue weighted by Crippen LogP contribution is 2.38. The number of hydrogen-bond donors (Lipinski definition) is 2. The molecule has 2 aliphatic rings. The van der Waals surface area contributed by atoms with Gasteiger partial charge in [0.25, 0.3) is 5.91 Å². The Balaban J connectivity index is 1.43. The van der Waals surface area contributed by atoms with Gasteiger partial charge in [0.15, 0.2) is 0 Å². The van der Waals surface area contributed by atoms with Crippen LogP contribution in [0.2, 0.25) is 0 Å². The van der Waals surface area contributed by atoms with Crippen LogP contribution in [0.5, 0.6) is 0 Å². The topological polar surface area (TPSA) is 69.9 Å². The molecule has 32 heavy (non-hydrogen) atoms. The van der Waals surface area contributed by atoms with E-state index in [0.717, 1.165) is 43.9 Å². The summed E-state index contributed by atoms with van der Waals surface area (Å²) in [6, 6.07) is 7.02. The van der Waals surface area contributed by atoms with Gasteiger partial charge in [0.05, 0.1) is 29.4 Å². The van der Waals surface area contributed by atoms with Crippen LogP contribution in [0.15, 0.2) is 42.7 Å². The zero-order chi connectivity index (χ0) is 22.2. The van der Waals surface area contributed by atoms with Crippen molar-refractivity contribution in [2.24, 2.45) is 0 Å². The summed E-state index contributed by atoms with van der Waals surface area (Å²) in [6.07, 6.45) is 7.61. The number of aliphatic hydroxyl groups excluding tert-OH is 1.